The maximum Gasteiger partial charge on any atom is 0.276 e. The summed E-state index contributed by atoms with van der Waals surface area (Å²) >= 11 is 0. The highest BCUT2D eigenvalue weighted by atomic mass is 32.2. The van der Waals surface area contributed by atoms with E-state index in [0.717, 1.165) is 25.7 Å². The molecule has 1 aliphatic carbocycles. The van der Waals surface area contributed by atoms with Crippen LogP contribution in [-0.4, -0.2) is 96.7 Å². The zero-order chi connectivity index (χ0) is 34.5. The number of hydrogen-bond acceptors (Lipinski definition) is 9. The molecule has 1 saturated heterocycles. The van der Waals surface area contributed by atoms with Gasteiger partial charge in [-0.25, -0.2) is 22.2 Å². The van der Waals surface area contributed by atoms with Gasteiger partial charge in [0.25, 0.3) is 5.91 Å². The van der Waals surface area contributed by atoms with Crippen molar-refractivity contribution >= 4 is 27.6 Å². The van der Waals surface area contributed by atoms with E-state index in [0.29, 0.717) is 43.2 Å². The molecule has 2 heterocycles. The van der Waals surface area contributed by atoms with Crippen LogP contribution in [0.1, 0.15) is 93.5 Å². The first-order chi connectivity index (χ1) is 22.2. The van der Waals surface area contributed by atoms with Crippen molar-refractivity contribution in [1.29, 1.82) is 0 Å². The summed E-state index contributed by atoms with van der Waals surface area (Å²) in [6, 6.07) is 2.54. The van der Waals surface area contributed by atoms with E-state index in [9.17, 15) is 22.8 Å². The standard InChI is InChI=1S/C33H49FN6O6S/c1-7-27-31(37-46-36-27)32(42)35-30(23-11-9-20(3)10-12-23)28(41)18-25-14-13-24(17-26(25)34)22(5)29(38-47(44,45)8-2)33(43)40-16-15-39(6)21(4)19-40/h13-14,17,20-23,29-30,38H,7-12,15-16,18-19H2,1-6H3,(H,35,42)/t20?,21-,22-,23?,29+,30-/m0/s1. The minimum absolute atomic E-state index is 0.0350. The molecule has 0 spiro atoms. The molecule has 1 aliphatic heterocycles. The van der Waals surface area contributed by atoms with Gasteiger partial charge in [-0.05, 0) is 74.3 Å². The number of halogens is 1. The van der Waals surface area contributed by atoms with E-state index in [-0.39, 0.29) is 47.1 Å². The van der Waals surface area contributed by atoms with Crippen molar-refractivity contribution in [3.8, 4) is 0 Å². The molecule has 4 atom stereocenters. The van der Waals surface area contributed by atoms with E-state index in [4.69, 9.17) is 4.63 Å². The predicted octanol–water partition coefficient (Wildman–Crippen LogP) is 3.08. The number of benzene rings is 1. The number of rotatable bonds is 13. The Labute approximate surface area is 277 Å². The lowest BCUT2D eigenvalue weighted by Gasteiger charge is -2.40. The molecule has 2 fully saturated rings. The minimum atomic E-state index is -3.76. The fourth-order valence-electron chi connectivity index (χ4n) is 6.47. The van der Waals surface area contributed by atoms with Crippen molar-refractivity contribution in [2.45, 2.75) is 97.2 Å². The van der Waals surface area contributed by atoms with Crippen LogP contribution in [0.5, 0.6) is 0 Å². The Morgan fingerprint density at radius 2 is 1.79 bits per heavy atom. The second kappa shape index (κ2) is 15.8. The normalized spacial score (nSPS) is 22.8. The van der Waals surface area contributed by atoms with E-state index in [1.165, 1.54) is 19.1 Å². The van der Waals surface area contributed by atoms with Gasteiger partial charge < -0.3 is 15.1 Å². The summed E-state index contributed by atoms with van der Waals surface area (Å²) in [6.45, 7) is 10.7. The molecule has 2 aromatic rings. The van der Waals surface area contributed by atoms with Crippen LogP contribution >= 0.6 is 0 Å². The quantitative estimate of drug-likeness (QED) is 0.326. The van der Waals surface area contributed by atoms with Crippen LogP contribution in [0.3, 0.4) is 0 Å². The van der Waals surface area contributed by atoms with Crippen LogP contribution in [0.15, 0.2) is 22.8 Å². The van der Waals surface area contributed by atoms with E-state index in [1.807, 2.05) is 20.9 Å². The largest absolute Gasteiger partial charge is 0.340 e. The summed E-state index contributed by atoms with van der Waals surface area (Å²) in [5.41, 5.74) is 1.00. The van der Waals surface area contributed by atoms with Crippen molar-refractivity contribution < 1.29 is 31.8 Å². The van der Waals surface area contributed by atoms with E-state index in [2.05, 4.69) is 32.2 Å². The maximum atomic E-state index is 15.7. The second-order valence-corrected chi connectivity index (χ2v) is 15.3. The topological polar surface area (TPSA) is 155 Å². The average Bonchev–Trinajstić information content (AvgIpc) is 3.54. The molecule has 0 unspecified atom stereocenters. The number of sulfonamides is 1. The van der Waals surface area contributed by atoms with Gasteiger partial charge in [-0.1, -0.05) is 50.9 Å². The zero-order valence-corrected chi connectivity index (χ0v) is 29.1. The highest BCUT2D eigenvalue weighted by Gasteiger charge is 2.37. The highest BCUT2D eigenvalue weighted by Crippen LogP contribution is 2.32. The number of Topliss-reactive ketones (excluding diaryl/α,β-unsaturated/α-hetero) is 1. The van der Waals surface area contributed by atoms with Gasteiger partial charge in [0.1, 0.15) is 17.6 Å². The summed E-state index contributed by atoms with van der Waals surface area (Å²) in [5, 5.41) is 10.4. The molecular weight excluding hydrogens is 627 g/mol. The number of hydrogen-bond donors (Lipinski definition) is 2. The molecule has 2 aliphatic rings. The van der Waals surface area contributed by atoms with Crippen molar-refractivity contribution in [2.75, 3.05) is 32.4 Å². The highest BCUT2D eigenvalue weighted by molar-refractivity contribution is 7.89. The first-order valence-corrected chi connectivity index (χ1v) is 18.3. The van der Waals surface area contributed by atoms with Crippen molar-refractivity contribution in [1.82, 2.24) is 30.2 Å². The third-order valence-corrected chi connectivity index (χ3v) is 11.3. The van der Waals surface area contributed by atoms with Gasteiger partial charge in [-0.3, -0.25) is 14.4 Å². The number of amides is 2. The summed E-state index contributed by atoms with van der Waals surface area (Å²) in [4.78, 5) is 44.4. The molecule has 2 amide bonds. The third-order valence-electron chi connectivity index (χ3n) is 9.96. The lowest BCUT2D eigenvalue weighted by Crippen LogP contribution is -2.58. The maximum absolute atomic E-state index is 15.7. The van der Waals surface area contributed by atoms with Gasteiger partial charge in [0.05, 0.1) is 11.8 Å². The number of carbonyl (C=O) groups excluding carboxylic acids is 3. The van der Waals surface area contributed by atoms with Crippen molar-refractivity contribution in [3.05, 3.63) is 46.5 Å². The van der Waals surface area contributed by atoms with Gasteiger partial charge in [0, 0.05) is 38.0 Å². The van der Waals surface area contributed by atoms with Crippen LogP contribution in [0, 0.1) is 17.7 Å². The second-order valence-electron chi connectivity index (χ2n) is 13.3. The number of nitrogens with zero attached hydrogens (tertiary/aromatic N) is 4. The number of aromatic nitrogens is 2. The van der Waals surface area contributed by atoms with Gasteiger partial charge in [0.2, 0.25) is 15.9 Å². The van der Waals surface area contributed by atoms with Crippen LogP contribution in [-0.2, 0) is 32.5 Å². The minimum Gasteiger partial charge on any atom is -0.340 e. The van der Waals surface area contributed by atoms with Crippen LogP contribution in [0.25, 0.3) is 0 Å². The lowest BCUT2D eigenvalue weighted by molar-refractivity contribution is -0.136. The molecule has 2 N–H and O–H groups in total. The Bertz CT molecular complexity index is 1520. The van der Waals surface area contributed by atoms with Crippen LogP contribution in [0.4, 0.5) is 4.39 Å². The Balaban J connectivity index is 1.54. The first kappa shape index (κ1) is 36.6. The number of ketones is 1. The number of likely N-dealkylation sites (N-methyl/N-ethyl adjacent to an activating group) is 1. The van der Waals surface area contributed by atoms with E-state index in [1.54, 1.807) is 17.9 Å². The first-order valence-electron chi connectivity index (χ1n) is 16.7. The number of piperazine rings is 1. The molecule has 1 aromatic heterocycles. The van der Waals surface area contributed by atoms with E-state index < -0.39 is 39.7 Å². The molecule has 1 saturated carbocycles. The van der Waals surface area contributed by atoms with E-state index >= 15 is 4.39 Å². The fraction of sp³-hybridized carbons (Fsp3) is 0.667. The van der Waals surface area contributed by atoms with Gasteiger partial charge >= 0.3 is 0 Å². The average molecular weight is 677 g/mol. The predicted molar refractivity (Wildman–Crippen MR) is 175 cm³/mol. The van der Waals surface area contributed by atoms with Gasteiger partial charge in [-0.15, -0.1) is 0 Å². The molecular formula is C33H49FN6O6S. The Morgan fingerprint density at radius 1 is 1.09 bits per heavy atom. The monoisotopic (exact) mass is 676 g/mol. The molecule has 4 rings (SSSR count). The van der Waals surface area contributed by atoms with Crippen molar-refractivity contribution in [3.63, 3.8) is 0 Å². The number of nitrogens with one attached hydrogen (secondary N) is 2. The number of aryl methyl sites for hydroxylation is 1. The SMILES string of the molecule is CCc1nonc1C(=O)N[C@H](C(=O)Cc1ccc([C@H](C)[C@@H](NS(=O)(=O)CC)C(=O)N2CCN(C)[C@@H](C)C2)cc1F)C1CCC(C)CC1. The van der Waals surface area contributed by atoms with Crippen LogP contribution in [0.2, 0.25) is 0 Å². The fourth-order valence-corrected chi connectivity index (χ4v) is 7.33. The Morgan fingerprint density at radius 3 is 2.40 bits per heavy atom. The third kappa shape index (κ3) is 9.02. The zero-order valence-electron chi connectivity index (χ0n) is 28.3. The summed E-state index contributed by atoms with van der Waals surface area (Å²) in [7, 11) is -1.79. The number of carbonyl (C=O) groups is 3. The smallest absolute Gasteiger partial charge is 0.276 e. The van der Waals surface area contributed by atoms with Gasteiger partial charge in [0.15, 0.2) is 11.5 Å². The summed E-state index contributed by atoms with van der Waals surface area (Å²) in [6.07, 6.45) is 3.53. The van der Waals surface area contributed by atoms with Gasteiger partial charge in [-0.2, -0.15) is 0 Å². The molecule has 260 valence electrons. The molecule has 0 bridgehead atoms. The molecule has 0 radical (unpaired) electrons. The summed E-state index contributed by atoms with van der Waals surface area (Å²) < 4.78 is 48.3. The summed E-state index contributed by atoms with van der Waals surface area (Å²) in [5.74, 6) is -2.36. The Kier molecular flexibility index (Phi) is 12.3. The molecule has 14 heteroatoms. The Hall–Kier alpha value is -3.23. The molecule has 12 nitrogen and oxygen atoms in total. The lowest BCUT2D eigenvalue weighted by atomic mass is 9.77. The molecule has 47 heavy (non-hydrogen) atoms. The van der Waals surface area contributed by atoms with Crippen LogP contribution < -0.4 is 10.0 Å². The van der Waals surface area contributed by atoms with Crippen molar-refractivity contribution in [2.24, 2.45) is 11.8 Å². The molecule has 1 aromatic carbocycles.